The van der Waals surface area contributed by atoms with Crippen LogP contribution in [0, 0.1) is 0 Å². The molecule has 3 nitrogen and oxygen atoms in total. The predicted molar refractivity (Wildman–Crippen MR) is 34.2 cm³/mol. The van der Waals surface area contributed by atoms with Gasteiger partial charge in [-0.2, -0.15) is 0 Å². The fourth-order valence-electron chi connectivity index (χ4n) is 0.0808. The molecule has 50 valence electrons. The van der Waals surface area contributed by atoms with Crippen LogP contribution >= 0.6 is 15.9 Å². The van der Waals surface area contributed by atoms with E-state index in [0.717, 1.165) is 7.11 Å². The molecule has 0 saturated heterocycles. The summed E-state index contributed by atoms with van der Waals surface area (Å²) in [5.41, 5.74) is 0. The topological polar surface area (TPSA) is 57.5 Å². The monoisotopic (exact) mass is 184 g/mol. The maximum Gasteiger partial charge on any atom is 0.304 e. The Bertz CT molecular complexity index is 55.2. The van der Waals surface area contributed by atoms with Crippen molar-refractivity contribution in [3.63, 3.8) is 0 Å². The molecule has 0 rings (SSSR count). The number of hydrogen-bond donors (Lipinski definition) is 2. The fraction of sp³-hybridized carbons (Fsp3) is 0.750. The quantitative estimate of drug-likeness (QED) is 0.614. The van der Waals surface area contributed by atoms with Gasteiger partial charge in [-0.15, -0.1) is 0 Å². The zero-order valence-electron chi connectivity index (χ0n) is 4.59. The highest BCUT2D eigenvalue weighted by Crippen LogP contribution is 1.84. The van der Waals surface area contributed by atoms with Gasteiger partial charge in [0.05, 0.1) is 6.42 Å². The van der Waals surface area contributed by atoms with Crippen LogP contribution in [0.3, 0.4) is 0 Å². The first-order chi connectivity index (χ1) is 3.77. The van der Waals surface area contributed by atoms with E-state index < -0.39 is 5.97 Å². The number of carbonyl (C=O) groups is 1. The molecule has 0 amide bonds. The summed E-state index contributed by atoms with van der Waals surface area (Å²) in [5.74, 6) is -0.758. The minimum atomic E-state index is -0.758. The number of alkyl halides is 1. The van der Waals surface area contributed by atoms with E-state index in [0.29, 0.717) is 5.33 Å². The van der Waals surface area contributed by atoms with Crippen molar-refractivity contribution in [2.45, 2.75) is 6.42 Å². The van der Waals surface area contributed by atoms with Crippen LogP contribution in [0.15, 0.2) is 0 Å². The molecule has 0 aromatic rings. The van der Waals surface area contributed by atoms with Gasteiger partial charge in [0.1, 0.15) is 0 Å². The number of carboxylic acid groups (broad SMARTS) is 1. The van der Waals surface area contributed by atoms with E-state index in [-0.39, 0.29) is 6.42 Å². The van der Waals surface area contributed by atoms with Crippen molar-refractivity contribution in [2.24, 2.45) is 0 Å². The van der Waals surface area contributed by atoms with Crippen LogP contribution in [0.4, 0.5) is 0 Å². The third-order valence-electron chi connectivity index (χ3n) is 0.308. The third-order valence-corrected chi connectivity index (χ3v) is 0.705. The average molecular weight is 185 g/mol. The molecule has 0 aromatic carbocycles. The minimum Gasteiger partial charge on any atom is -0.481 e. The second-order valence-corrected chi connectivity index (χ2v) is 1.63. The van der Waals surface area contributed by atoms with Crippen molar-refractivity contribution in [3.8, 4) is 0 Å². The lowest BCUT2D eigenvalue weighted by Crippen LogP contribution is -1.92. The van der Waals surface area contributed by atoms with Gasteiger partial charge in [0.25, 0.3) is 0 Å². The third kappa shape index (κ3) is 16.8. The second-order valence-electron chi connectivity index (χ2n) is 0.833. The Morgan fingerprint density at radius 3 is 2.00 bits per heavy atom. The van der Waals surface area contributed by atoms with Gasteiger partial charge < -0.3 is 10.2 Å². The molecule has 0 radical (unpaired) electrons. The molecule has 4 heteroatoms. The van der Waals surface area contributed by atoms with Crippen LogP contribution in [0.1, 0.15) is 6.42 Å². The molecule has 0 fully saturated rings. The van der Waals surface area contributed by atoms with E-state index in [2.05, 4.69) is 15.9 Å². The Labute approximate surface area is 56.5 Å². The van der Waals surface area contributed by atoms with E-state index >= 15 is 0 Å². The van der Waals surface area contributed by atoms with Crippen molar-refractivity contribution in [3.05, 3.63) is 0 Å². The molecule has 0 heterocycles. The van der Waals surface area contributed by atoms with E-state index in [1.54, 1.807) is 0 Å². The lowest BCUT2D eigenvalue weighted by molar-refractivity contribution is -0.136. The van der Waals surface area contributed by atoms with Gasteiger partial charge in [-0.1, -0.05) is 15.9 Å². The van der Waals surface area contributed by atoms with Gasteiger partial charge in [-0.05, 0) is 0 Å². The normalized spacial score (nSPS) is 6.88. The first-order valence-corrected chi connectivity index (χ1v) is 3.12. The molecule has 0 aromatic heterocycles. The van der Waals surface area contributed by atoms with Crippen LogP contribution in [0.25, 0.3) is 0 Å². The molecule has 0 aliphatic heterocycles. The Balaban J connectivity index is 0. The minimum absolute atomic E-state index is 0.208. The summed E-state index contributed by atoms with van der Waals surface area (Å²) in [6.45, 7) is 0. The van der Waals surface area contributed by atoms with E-state index in [4.69, 9.17) is 10.2 Å². The molecular weight excluding hydrogens is 176 g/mol. The second kappa shape index (κ2) is 10.0. The van der Waals surface area contributed by atoms with Crippen LogP contribution in [0.5, 0.6) is 0 Å². The molecule has 0 unspecified atom stereocenters. The Morgan fingerprint density at radius 2 is 2.00 bits per heavy atom. The lowest BCUT2D eigenvalue weighted by atomic mass is 10.5. The highest BCUT2D eigenvalue weighted by molar-refractivity contribution is 9.09. The fourth-order valence-corrected chi connectivity index (χ4v) is 0.420. The molecule has 8 heavy (non-hydrogen) atoms. The largest absolute Gasteiger partial charge is 0.481 e. The molecule has 0 aliphatic rings. The van der Waals surface area contributed by atoms with E-state index in [1.807, 2.05) is 0 Å². The number of halogens is 1. The average Bonchev–Trinajstić information content (AvgIpc) is 1.72. The highest BCUT2D eigenvalue weighted by Gasteiger charge is 1.88. The summed E-state index contributed by atoms with van der Waals surface area (Å²) in [6, 6.07) is 0. The molecular formula is C4H9BrO3. The zero-order chi connectivity index (χ0) is 6.99. The predicted octanol–water partition coefficient (Wildman–Crippen LogP) is 0.464. The number of hydrogen-bond acceptors (Lipinski definition) is 2. The van der Waals surface area contributed by atoms with Gasteiger partial charge in [-0.25, -0.2) is 0 Å². The molecule has 0 spiro atoms. The molecule has 0 atom stereocenters. The van der Waals surface area contributed by atoms with Gasteiger partial charge in [-0.3, -0.25) is 4.79 Å². The Morgan fingerprint density at radius 1 is 1.62 bits per heavy atom. The van der Waals surface area contributed by atoms with E-state index in [9.17, 15) is 4.79 Å². The van der Waals surface area contributed by atoms with Crippen LogP contribution < -0.4 is 0 Å². The van der Waals surface area contributed by atoms with Crippen LogP contribution in [-0.4, -0.2) is 28.6 Å². The van der Waals surface area contributed by atoms with Crippen molar-refractivity contribution < 1.29 is 15.0 Å². The standard InChI is InChI=1S/C3H5BrO2.CH4O/c4-2-1-3(5)6;1-2/h1-2H2,(H,5,6);2H,1H3. The first-order valence-electron chi connectivity index (χ1n) is 2.00. The smallest absolute Gasteiger partial charge is 0.304 e. The molecule has 0 bridgehead atoms. The van der Waals surface area contributed by atoms with Crippen molar-refractivity contribution in [1.82, 2.24) is 0 Å². The first kappa shape index (κ1) is 10.8. The number of carboxylic acids is 1. The summed E-state index contributed by atoms with van der Waals surface area (Å²) in [6.07, 6.45) is 0.208. The van der Waals surface area contributed by atoms with Crippen LogP contribution in [-0.2, 0) is 4.79 Å². The molecule has 0 saturated carbocycles. The number of aliphatic hydroxyl groups excluding tert-OH is 1. The lowest BCUT2D eigenvalue weighted by Gasteiger charge is -1.78. The van der Waals surface area contributed by atoms with Gasteiger partial charge in [0.2, 0.25) is 0 Å². The molecule has 2 N–H and O–H groups in total. The van der Waals surface area contributed by atoms with E-state index in [1.165, 1.54) is 0 Å². The van der Waals surface area contributed by atoms with Gasteiger partial charge in [0, 0.05) is 12.4 Å². The summed E-state index contributed by atoms with van der Waals surface area (Å²) >= 11 is 2.97. The Hall–Kier alpha value is -0.0900. The van der Waals surface area contributed by atoms with Crippen LogP contribution in [0.2, 0.25) is 0 Å². The van der Waals surface area contributed by atoms with Crippen molar-refractivity contribution in [2.75, 3.05) is 12.4 Å². The summed E-state index contributed by atoms with van der Waals surface area (Å²) in [4.78, 5) is 9.57. The number of aliphatic hydroxyl groups is 1. The maximum atomic E-state index is 9.57. The summed E-state index contributed by atoms with van der Waals surface area (Å²) in [5, 5.41) is 15.4. The number of rotatable bonds is 2. The van der Waals surface area contributed by atoms with Gasteiger partial charge >= 0.3 is 5.97 Å². The maximum absolute atomic E-state index is 9.57. The zero-order valence-corrected chi connectivity index (χ0v) is 6.18. The summed E-state index contributed by atoms with van der Waals surface area (Å²) < 4.78 is 0. The SMILES string of the molecule is CO.O=C(O)CCBr. The highest BCUT2D eigenvalue weighted by atomic mass is 79.9. The number of aliphatic carboxylic acids is 1. The Kier molecular flexibility index (Phi) is 13.5. The summed E-state index contributed by atoms with van der Waals surface area (Å²) in [7, 11) is 1.00. The molecule has 0 aliphatic carbocycles. The van der Waals surface area contributed by atoms with Gasteiger partial charge in [0.15, 0.2) is 0 Å². The van der Waals surface area contributed by atoms with Crippen molar-refractivity contribution in [1.29, 1.82) is 0 Å². The van der Waals surface area contributed by atoms with Crippen molar-refractivity contribution >= 4 is 21.9 Å².